The molecule has 5 heteroatoms. The van der Waals surface area contributed by atoms with E-state index in [4.69, 9.17) is 9.47 Å². The summed E-state index contributed by atoms with van der Waals surface area (Å²) < 4.78 is 10.5. The highest BCUT2D eigenvalue weighted by molar-refractivity contribution is 5.78. The largest absolute Gasteiger partial charge is 0.493 e. The fourth-order valence-electron chi connectivity index (χ4n) is 2.98. The average Bonchev–Trinajstić information content (AvgIpc) is 2.68. The minimum Gasteiger partial charge on any atom is -0.493 e. The molecular formula is C21H27NO4. The first kappa shape index (κ1) is 19.8. The summed E-state index contributed by atoms with van der Waals surface area (Å²) in [4.78, 5) is 12.2. The van der Waals surface area contributed by atoms with Crippen LogP contribution in [0.4, 0.5) is 0 Å². The van der Waals surface area contributed by atoms with E-state index in [-0.39, 0.29) is 24.9 Å². The highest BCUT2D eigenvalue weighted by Gasteiger charge is 2.12. The Balaban J connectivity index is 1.86. The van der Waals surface area contributed by atoms with Gasteiger partial charge in [0.05, 0.1) is 20.6 Å². The van der Waals surface area contributed by atoms with Gasteiger partial charge in [0.2, 0.25) is 5.91 Å². The summed E-state index contributed by atoms with van der Waals surface area (Å²) in [6, 6.07) is 15.6. The monoisotopic (exact) mass is 357 g/mol. The summed E-state index contributed by atoms with van der Waals surface area (Å²) in [7, 11) is 3.16. The highest BCUT2D eigenvalue weighted by Crippen LogP contribution is 2.27. The van der Waals surface area contributed by atoms with E-state index in [2.05, 4.69) is 17.4 Å². The third kappa shape index (κ3) is 5.77. The Morgan fingerprint density at radius 3 is 2.42 bits per heavy atom. The van der Waals surface area contributed by atoms with Crippen molar-refractivity contribution in [3.8, 4) is 11.5 Å². The maximum atomic E-state index is 12.2. The van der Waals surface area contributed by atoms with Crippen LogP contribution in [0.15, 0.2) is 48.5 Å². The second kappa shape index (κ2) is 10.5. The molecule has 1 atom stereocenters. The summed E-state index contributed by atoms with van der Waals surface area (Å²) in [5.74, 6) is 1.46. The van der Waals surface area contributed by atoms with Crippen molar-refractivity contribution in [3.63, 3.8) is 0 Å². The Kier molecular flexibility index (Phi) is 7.96. The van der Waals surface area contributed by atoms with E-state index in [1.807, 2.05) is 30.3 Å². The number of aliphatic hydroxyl groups is 1. The lowest BCUT2D eigenvalue weighted by Crippen LogP contribution is -2.27. The second-order valence-electron chi connectivity index (χ2n) is 6.12. The lowest BCUT2D eigenvalue weighted by molar-refractivity contribution is -0.120. The topological polar surface area (TPSA) is 67.8 Å². The van der Waals surface area contributed by atoms with E-state index < -0.39 is 0 Å². The lowest BCUT2D eigenvalue weighted by atomic mass is 9.93. The van der Waals surface area contributed by atoms with Crippen molar-refractivity contribution in [2.75, 3.05) is 27.4 Å². The smallest absolute Gasteiger partial charge is 0.224 e. The van der Waals surface area contributed by atoms with Crippen LogP contribution in [0.5, 0.6) is 11.5 Å². The molecule has 0 radical (unpaired) electrons. The Morgan fingerprint density at radius 1 is 1.04 bits per heavy atom. The van der Waals surface area contributed by atoms with E-state index in [1.54, 1.807) is 20.3 Å². The predicted molar refractivity (Wildman–Crippen MR) is 102 cm³/mol. The second-order valence-corrected chi connectivity index (χ2v) is 6.12. The van der Waals surface area contributed by atoms with Crippen molar-refractivity contribution in [1.82, 2.24) is 5.32 Å². The number of hydrogen-bond acceptors (Lipinski definition) is 4. The van der Waals surface area contributed by atoms with Gasteiger partial charge in [-0.2, -0.15) is 0 Å². The van der Waals surface area contributed by atoms with E-state index in [0.717, 1.165) is 12.0 Å². The van der Waals surface area contributed by atoms with Crippen molar-refractivity contribution in [3.05, 3.63) is 59.7 Å². The van der Waals surface area contributed by atoms with Crippen LogP contribution in [-0.2, 0) is 11.2 Å². The maximum absolute atomic E-state index is 12.2. The number of benzene rings is 2. The number of carbonyl (C=O) groups excluding carboxylic acids is 1. The minimum absolute atomic E-state index is 0.0342. The Hall–Kier alpha value is -2.53. The summed E-state index contributed by atoms with van der Waals surface area (Å²) in [5.41, 5.74) is 2.06. The van der Waals surface area contributed by atoms with Crippen LogP contribution in [0.1, 0.15) is 29.9 Å². The molecule has 2 aromatic rings. The molecular weight excluding hydrogens is 330 g/mol. The van der Waals surface area contributed by atoms with E-state index in [9.17, 15) is 9.90 Å². The fraction of sp³-hybridized carbons (Fsp3) is 0.381. The first-order valence-corrected chi connectivity index (χ1v) is 8.81. The van der Waals surface area contributed by atoms with E-state index in [0.29, 0.717) is 24.5 Å². The molecule has 1 amide bonds. The number of hydrogen-bond donors (Lipinski definition) is 2. The van der Waals surface area contributed by atoms with Crippen LogP contribution in [0.2, 0.25) is 0 Å². The van der Waals surface area contributed by atoms with Gasteiger partial charge in [-0.1, -0.05) is 36.4 Å². The standard InChI is InChI=1S/C21H27NO4/c1-25-19-9-8-16(14-20(19)26-2)15-21(24)22-12-10-18(11-13-23)17-6-4-3-5-7-17/h3-9,14,18,23H,10-13,15H2,1-2H3,(H,22,24). The van der Waals surface area contributed by atoms with Crippen LogP contribution >= 0.6 is 0 Å². The first-order chi connectivity index (χ1) is 12.7. The molecule has 2 rings (SSSR count). The molecule has 140 valence electrons. The molecule has 5 nitrogen and oxygen atoms in total. The summed E-state index contributed by atoms with van der Waals surface area (Å²) in [6.07, 6.45) is 1.77. The molecule has 0 spiro atoms. The molecule has 26 heavy (non-hydrogen) atoms. The van der Waals surface area contributed by atoms with Gasteiger partial charge in [-0.25, -0.2) is 0 Å². The van der Waals surface area contributed by atoms with Gasteiger partial charge in [0, 0.05) is 13.2 Å². The van der Waals surface area contributed by atoms with Gasteiger partial charge in [0.15, 0.2) is 11.5 Å². The number of rotatable bonds is 10. The normalized spacial score (nSPS) is 11.7. The summed E-state index contributed by atoms with van der Waals surface area (Å²) >= 11 is 0. The molecule has 0 aliphatic carbocycles. The molecule has 0 fully saturated rings. The molecule has 0 saturated heterocycles. The Labute approximate surface area is 155 Å². The molecule has 2 N–H and O–H groups in total. The molecule has 0 aromatic heterocycles. The fourth-order valence-corrected chi connectivity index (χ4v) is 2.98. The van der Waals surface area contributed by atoms with Crippen molar-refractivity contribution >= 4 is 5.91 Å². The van der Waals surface area contributed by atoms with Crippen LogP contribution in [0, 0.1) is 0 Å². The zero-order chi connectivity index (χ0) is 18.8. The molecule has 0 saturated carbocycles. The minimum atomic E-state index is -0.0342. The zero-order valence-electron chi connectivity index (χ0n) is 15.4. The van der Waals surface area contributed by atoms with Gasteiger partial charge in [-0.05, 0) is 42.0 Å². The Bertz CT molecular complexity index is 688. The van der Waals surface area contributed by atoms with Crippen molar-refractivity contribution in [2.24, 2.45) is 0 Å². The van der Waals surface area contributed by atoms with Crippen molar-refractivity contribution in [1.29, 1.82) is 0 Å². The van der Waals surface area contributed by atoms with Gasteiger partial charge in [-0.3, -0.25) is 4.79 Å². The third-order valence-electron chi connectivity index (χ3n) is 4.38. The Morgan fingerprint density at radius 2 is 1.77 bits per heavy atom. The highest BCUT2D eigenvalue weighted by atomic mass is 16.5. The molecule has 0 aliphatic rings. The van der Waals surface area contributed by atoms with Crippen molar-refractivity contribution in [2.45, 2.75) is 25.2 Å². The number of aliphatic hydroxyl groups excluding tert-OH is 1. The lowest BCUT2D eigenvalue weighted by Gasteiger charge is -2.16. The molecule has 2 aromatic carbocycles. The quantitative estimate of drug-likeness (QED) is 0.686. The van der Waals surface area contributed by atoms with Crippen molar-refractivity contribution < 1.29 is 19.4 Å². The average molecular weight is 357 g/mol. The zero-order valence-corrected chi connectivity index (χ0v) is 15.4. The molecule has 0 bridgehead atoms. The number of nitrogens with one attached hydrogen (secondary N) is 1. The number of amides is 1. The van der Waals surface area contributed by atoms with E-state index in [1.165, 1.54) is 5.56 Å². The third-order valence-corrected chi connectivity index (χ3v) is 4.38. The SMILES string of the molecule is COc1ccc(CC(=O)NCCC(CCO)c2ccccc2)cc1OC. The number of methoxy groups -OCH3 is 2. The van der Waals surface area contributed by atoms with Crippen LogP contribution in [0.25, 0.3) is 0 Å². The molecule has 0 aliphatic heterocycles. The summed E-state index contributed by atoms with van der Waals surface area (Å²) in [5, 5.41) is 12.2. The van der Waals surface area contributed by atoms with Gasteiger partial charge in [0.1, 0.15) is 0 Å². The van der Waals surface area contributed by atoms with Gasteiger partial charge >= 0.3 is 0 Å². The van der Waals surface area contributed by atoms with Crippen LogP contribution in [0.3, 0.4) is 0 Å². The maximum Gasteiger partial charge on any atom is 0.224 e. The summed E-state index contributed by atoms with van der Waals surface area (Å²) in [6.45, 7) is 0.713. The van der Waals surface area contributed by atoms with Crippen LogP contribution < -0.4 is 14.8 Å². The molecule has 0 heterocycles. The number of carbonyl (C=O) groups is 1. The first-order valence-electron chi connectivity index (χ1n) is 8.81. The van der Waals surface area contributed by atoms with Gasteiger partial charge in [-0.15, -0.1) is 0 Å². The predicted octanol–water partition coefficient (Wildman–Crippen LogP) is 2.92. The number of ether oxygens (including phenoxy) is 2. The van der Waals surface area contributed by atoms with Gasteiger partial charge in [0.25, 0.3) is 0 Å². The molecule has 1 unspecified atom stereocenters. The van der Waals surface area contributed by atoms with Gasteiger partial charge < -0.3 is 19.9 Å². The van der Waals surface area contributed by atoms with Crippen LogP contribution in [-0.4, -0.2) is 38.4 Å². The van der Waals surface area contributed by atoms with E-state index >= 15 is 0 Å².